The molecule has 2 rings (SSSR count). The summed E-state index contributed by atoms with van der Waals surface area (Å²) < 4.78 is 29.1. The number of ether oxygens (including phenoxy) is 1. The van der Waals surface area contributed by atoms with Gasteiger partial charge in [-0.25, -0.2) is 13.2 Å². The van der Waals surface area contributed by atoms with Crippen LogP contribution in [-0.4, -0.2) is 86.1 Å². The fourth-order valence-corrected chi connectivity index (χ4v) is 4.90. The quantitative estimate of drug-likeness (QED) is 0.544. The van der Waals surface area contributed by atoms with Crippen LogP contribution in [0, 0.1) is 5.92 Å². The van der Waals surface area contributed by atoms with E-state index in [1.165, 1.54) is 0 Å². The molecule has 0 bridgehead atoms. The first-order chi connectivity index (χ1) is 12.8. The Kier molecular flexibility index (Phi) is 6.89. The van der Waals surface area contributed by atoms with E-state index in [4.69, 9.17) is 4.74 Å². The van der Waals surface area contributed by atoms with Crippen LogP contribution in [0.5, 0.6) is 0 Å². The van der Waals surface area contributed by atoms with Gasteiger partial charge in [-0.15, -0.1) is 0 Å². The van der Waals surface area contributed by atoms with Crippen molar-refractivity contribution in [1.82, 2.24) is 15.1 Å². The van der Waals surface area contributed by atoms with Crippen LogP contribution in [0.2, 0.25) is 0 Å². The van der Waals surface area contributed by atoms with Crippen molar-refractivity contribution < 1.29 is 17.9 Å². The zero-order chi connectivity index (χ0) is 21.2. The maximum Gasteiger partial charge on any atom is 0.410 e. The fourth-order valence-electron chi connectivity index (χ4n) is 3.54. The van der Waals surface area contributed by atoms with E-state index < -0.39 is 20.2 Å². The Morgan fingerprint density at radius 3 is 2.29 bits per heavy atom. The first-order valence-electron chi connectivity index (χ1n) is 10.0. The largest absolute Gasteiger partial charge is 0.444 e. The van der Waals surface area contributed by atoms with Crippen LogP contribution < -0.4 is 5.32 Å². The lowest BCUT2D eigenvalue weighted by molar-refractivity contribution is 0.0185. The molecule has 0 aromatic heterocycles. The molecule has 0 aromatic rings. The lowest BCUT2D eigenvalue weighted by atomic mass is 9.97. The van der Waals surface area contributed by atoms with Crippen LogP contribution in [0.3, 0.4) is 0 Å². The van der Waals surface area contributed by atoms with Gasteiger partial charge in [0.05, 0.1) is 10.5 Å². The molecular weight excluding hydrogens is 380 g/mol. The number of likely N-dealkylation sites (tertiary alicyclic amines) is 1. The number of piperidine rings is 1. The molecule has 0 radical (unpaired) electrons. The highest BCUT2D eigenvalue weighted by Gasteiger charge is 2.41. The molecule has 28 heavy (non-hydrogen) atoms. The fraction of sp³-hybridized carbons (Fsp3) is 0.895. The number of sulfone groups is 1. The van der Waals surface area contributed by atoms with Gasteiger partial charge in [-0.3, -0.25) is 4.99 Å². The third-order valence-electron chi connectivity index (χ3n) is 5.37. The molecule has 1 N–H and O–H groups in total. The minimum atomic E-state index is -3.07. The van der Waals surface area contributed by atoms with Gasteiger partial charge in [0.25, 0.3) is 0 Å². The van der Waals surface area contributed by atoms with Crippen LogP contribution >= 0.6 is 0 Å². The molecular formula is C19H36N4O4S. The summed E-state index contributed by atoms with van der Waals surface area (Å²) in [6.45, 7) is 12.2. The second-order valence-electron chi connectivity index (χ2n) is 9.34. The third-order valence-corrected chi connectivity index (χ3v) is 7.90. The first kappa shape index (κ1) is 22.8. The van der Waals surface area contributed by atoms with Crippen molar-refractivity contribution in [2.45, 2.75) is 57.8 Å². The molecule has 2 aliphatic rings. The van der Waals surface area contributed by atoms with Crippen molar-refractivity contribution in [3.63, 3.8) is 0 Å². The average molecular weight is 417 g/mol. The minimum Gasteiger partial charge on any atom is -0.444 e. The van der Waals surface area contributed by atoms with Gasteiger partial charge >= 0.3 is 6.09 Å². The molecule has 0 aliphatic carbocycles. The summed E-state index contributed by atoms with van der Waals surface area (Å²) in [7, 11) is -1.35. The summed E-state index contributed by atoms with van der Waals surface area (Å²) in [5, 5.41) is 3.40. The van der Waals surface area contributed by atoms with Gasteiger partial charge in [0, 0.05) is 39.8 Å². The lowest BCUT2D eigenvalue weighted by Gasteiger charge is -2.39. The molecule has 2 aliphatic heterocycles. The lowest BCUT2D eigenvalue weighted by Crippen LogP contribution is -2.57. The molecule has 2 heterocycles. The predicted molar refractivity (Wildman–Crippen MR) is 111 cm³/mol. The topological polar surface area (TPSA) is 91.3 Å². The Bertz CT molecular complexity index is 689. The number of nitrogens with zero attached hydrogens (tertiary/aromatic N) is 3. The first-order valence-corrected chi connectivity index (χ1v) is 11.7. The highest BCUT2D eigenvalue weighted by atomic mass is 32.2. The van der Waals surface area contributed by atoms with Crippen molar-refractivity contribution in [3.8, 4) is 0 Å². The summed E-state index contributed by atoms with van der Waals surface area (Å²) in [5.41, 5.74) is -0.475. The predicted octanol–water partition coefficient (Wildman–Crippen LogP) is 1.72. The Morgan fingerprint density at radius 2 is 1.79 bits per heavy atom. The van der Waals surface area contributed by atoms with Crippen LogP contribution in [0.25, 0.3) is 0 Å². The van der Waals surface area contributed by atoms with E-state index >= 15 is 0 Å². The number of carbonyl (C=O) groups is 1. The van der Waals surface area contributed by atoms with Crippen molar-refractivity contribution in [2.24, 2.45) is 10.9 Å². The molecule has 0 aromatic carbocycles. The molecule has 162 valence electrons. The van der Waals surface area contributed by atoms with Gasteiger partial charge in [0.1, 0.15) is 5.60 Å². The smallest absolute Gasteiger partial charge is 0.410 e. The maximum atomic E-state index is 12.2. The van der Waals surface area contributed by atoms with E-state index in [-0.39, 0.29) is 11.8 Å². The van der Waals surface area contributed by atoms with Crippen LogP contribution in [0.4, 0.5) is 4.79 Å². The van der Waals surface area contributed by atoms with E-state index in [2.05, 4.69) is 10.3 Å². The second kappa shape index (κ2) is 8.47. The standard InChI is InChI=1S/C19H36N4O4S/c1-18(2,3)27-17(24)22-9-7-15(8-10-22)13-21-16(20-6)23-11-12-28(25,26)19(4,5)14-23/h15H,7-14H2,1-6H3,(H,20,21). The summed E-state index contributed by atoms with van der Waals surface area (Å²) >= 11 is 0. The van der Waals surface area contributed by atoms with E-state index in [0.29, 0.717) is 32.1 Å². The van der Waals surface area contributed by atoms with Crippen molar-refractivity contribution in [1.29, 1.82) is 0 Å². The van der Waals surface area contributed by atoms with Crippen LogP contribution in [-0.2, 0) is 14.6 Å². The number of hydrogen-bond donors (Lipinski definition) is 1. The summed E-state index contributed by atoms with van der Waals surface area (Å²) in [4.78, 5) is 20.3. The van der Waals surface area contributed by atoms with E-state index in [0.717, 1.165) is 25.3 Å². The summed E-state index contributed by atoms with van der Waals surface area (Å²) in [6.07, 6.45) is 1.57. The number of aliphatic imine (C=N–C) groups is 1. The molecule has 2 saturated heterocycles. The van der Waals surface area contributed by atoms with Crippen LogP contribution in [0.1, 0.15) is 47.5 Å². The van der Waals surface area contributed by atoms with Crippen molar-refractivity contribution in [2.75, 3.05) is 45.5 Å². The summed E-state index contributed by atoms with van der Waals surface area (Å²) in [6, 6.07) is 0. The van der Waals surface area contributed by atoms with Gasteiger partial charge in [0.15, 0.2) is 15.8 Å². The summed E-state index contributed by atoms with van der Waals surface area (Å²) in [5.74, 6) is 1.34. The molecule has 9 heteroatoms. The molecule has 1 amide bonds. The SMILES string of the molecule is CN=C(NCC1CCN(C(=O)OC(C)(C)C)CC1)N1CCS(=O)(=O)C(C)(C)C1. The molecule has 2 fully saturated rings. The van der Waals surface area contributed by atoms with Gasteiger partial charge < -0.3 is 19.9 Å². The monoisotopic (exact) mass is 416 g/mol. The van der Waals surface area contributed by atoms with E-state index in [9.17, 15) is 13.2 Å². The second-order valence-corrected chi connectivity index (χ2v) is 12.1. The third kappa shape index (κ3) is 5.75. The van der Waals surface area contributed by atoms with E-state index in [1.807, 2.05) is 25.7 Å². The van der Waals surface area contributed by atoms with Gasteiger partial charge in [0.2, 0.25) is 0 Å². The minimum absolute atomic E-state index is 0.148. The molecule has 0 saturated carbocycles. The molecule has 0 atom stereocenters. The Labute approximate surface area is 169 Å². The van der Waals surface area contributed by atoms with Crippen molar-refractivity contribution >= 4 is 21.9 Å². The molecule has 8 nitrogen and oxygen atoms in total. The number of hydrogen-bond acceptors (Lipinski definition) is 5. The Balaban J connectivity index is 1.82. The molecule has 0 unspecified atom stereocenters. The normalized spacial score (nSPS) is 23.4. The Hall–Kier alpha value is -1.51. The Morgan fingerprint density at radius 1 is 1.18 bits per heavy atom. The highest BCUT2D eigenvalue weighted by Crippen LogP contribution is 2.24. The number of nitrogens with one attached hydrogen (secondary N) is 1. The zero-order valence-corrected chi connectivity index (χ0v) is 18.9. The van der Waals surface area contributed by atoms with E-state index in [1.54, 1.807) is 25.8 Å². The highest BCUT2D eigenvalue weighted by molar-refractivity contribution is 7.92. The number of carbonyl (C=O) groups excluding carboxylic acids is 1. The van der Waals surface area contributed by atoms with Gasteiger partial charge in [-0.05, 0) is 53.4 Å². The maximum absolute atomic E-state index is 12.2. The average Bonchev–Trinajstić information content (AvgIpc) is 2.57. The number of rotatable bonds is 2. The van der Waals surface area contributed by atoms with Crippen molar-refractivity contribution in [3.05, 3.63) is 0 Å². The van der Waals surface area contributed by atoms with Gasteiger partial charge in [-0.2, -0.15) is 0 Å². The zero-order valence-electron chi connectivity index (χ0n) is 18.1. The number of guanidine groups is 1. The van der Waals surface area contributed by atoms with Gasteiger partial charge in [-0.1, -0.05) is 0 Å². The molecule has 0 spiro atoms. The number of amides is 1. The van der Waals surface area contributed by atoms with Crippen LogP contribution in [0.15, 0.2) is 4.99 Å².